The lowest BCUT2D eigenvalue weighted by molar-refractivity contribution is -0.181. The molecule has 5 aliphatic rings. The van der Waals surface area contributed by atoms with Crippen LogP contribution in [0.5, 0.6) is 0 Å². The Hall–Kier alpha value is -2.21. The molecule has 0 saturated heterocycles. The van der Waals surface area contributed by atoms with Crippen LogP contribution < -0.4 is 0 Å². The molecule has 6 heteroatoms. The summed E-state index contributed by atoms with van der Waals surface area (Å²) in [6, 6.07) is 0. The molecule has 1 N–H and O–H groups in total. The number of carbonyl (C=O) groups is 3. The smallest absolute Gasteiger partial charge is 0.337 e. The van der Waals surface area contributed by atoms with Crippen LogP contribution in [0.25, 0.3) is 0 Å². The summed E-state index contributed by atoms with van der Waals surface area (Å²) in [7, 11) is 0. The normalized spacial score (nSPS) is 42.7. The van der Waals surface area contributed by atoms with Crippen LogP contribution in [0.3, 0.4) is 0 Å². The molecule has 8 atom stereocenters. The van der Waals surface area contributed by atoms with E-state index in [0.717, 1.165) is 37.7 Å². The van der Waals surface area contributed by atoms with Crippen LogP contribution in [0.4, 0.5) is 0 Å². The van der Waals surface area contributed by atoms with Gasteiger partial charge < -0.3 is 14.6 Å². The van der Waals surface area contributed by atoms with E-state index < -0.39 is 29.1 Å². The minimum Gasteiger partial charge on any atom is -0.461 e. The van der Waals surface area contributed by atoms with Gasteiger partial charge in [0, 0.05) is 19.3 Å². The average molecular weight is 497 g/mol. The zero-order valence-corrected chi connectivity index (χ0v) is 22.3. The van der Waals surface area contributed by atoms with Crippen molar-refractivity contribution in [3.8, 4) is 0 Å². The van der Waals surface area contributed by atoms with Crippen LogP contribution >= 0.6 is 0 Å². The maximum absolute atomic E-state index is 13.1. The van der Waals surface area contributed by atoms with Crippen molar-refractivity contribution in [1.29, 1.82) is 0 Å². The number of rotatable bonds is 4. The molecular formula is C30H40O6. The van der Waals surface area contributed by atoms with Crippen molar-refractivity contribution < 1.29 is 29.0 Å². The van der Waals surface area contributed by atoms with Crippen molar-refractivity contribution in [3.63, 3.8) is 0 Å². The highest BCUT2D eigenvalue weighted by atomic mass is 16.6. The first-order chi connectivity index (χ1) is 16.9. The van der Waals surface area contributed by atoms with Crippen LogP contribution in [0, 0.1) is 34.5 Å². The Morgan fingerprint density at radius 3 is 2.64 bits per heavy atom. The number of esters is 2. The summed E-state index contributed by atoms with van der Waals surface area (Å²) < 4.78 is 10.9. The van der Waals surface area contributed by atoms with Gasteiger partial charge in [-0.1, -0.05) is 37.1 Å². The topological polar surface area (TPSA) is 89.9 Å². The molecule has 0 radical (unpaired) electrons. The average Bonchev–Trinajstić information content (AvgIpc) is 3.10. The molecule has 5 rings (SSSR count). The Morgan fingerprint density at radius 2 is 1.94 bits per heavy atom. The number of ether oxygens (including phenoxy) is 2. The second-order valence-corrected chi connectivity index (χ2v) is 12.4. The third kappa shape index (κ3) is 3.50. The molecule has 8 unspecified atom stereocenters. The molecule has 0 aromatic rings. The fraction of sp³-hybridized carbons (Fsp3) is 0.700. The maximum Gasteiger partial charge on any atom is 0.337 e. The third-order valence-corrected chi connectivity index (χ3v) is 11.1. The second-order valence-electron chi connectivity index (χ2n) is 12.4. The van der Waals surface area contributed by atoms with Gasteiger partial charge >= 0.3 is 11.9 Å². The number of fused-ring (bicyclic) bond motifs is 5. The number of carbonyl (C=O) groups excluding carboxylic acids is 3. The molecule has 6 nitrogen and oxygen atoms in total. The minimum absolute atomic E-state index is 0.0730. The number of aliphatic hydroxyl groups is 1. The number of allylic oxidation sites excluding steroid dienone is 4. The first kappa shape index (κ1) is 25.4. The SMILES string of the molecule is CC(=O)OCC1=C(C)CC(C(C)C2(O)CCC3C4CC=C5CC=CC(=O)C5(C)C4CCC32C)OC1=O. The molecule has 1 heterocycles. The molecule has 0 aromatic carbocycles. The molecule has 1 aliphatic heterocycles. The van der Waals surface area contributed by atoms with Gasteiger partial charge in [0.1, 0.15) is 12.7 Å². The van der Waals surface area contributed by atoms with Crippen LogP contribution in [0.1, 0.15) is 79.6 Å². The predicted molar refractivity (Wildman–Crippen MR) is 135 cm³/mol. The number of cyclic esters (lactones) is 1. The van der Waals surface area contributed by atoms with Crippen molar-refractivity contribution in [3.05, 3.63) is 34.9 Å². The molecule has 0 spiro atoms. The standard InChI is InChI=1S/C30H40O6/c1-17-15-25(36-27(33)22(17)16-35-19(3)31)18(2)30(34)14-12-23-21-10-9-20-7-6-8-26(32)29(20,5)24(21)11-13-28(23,30)4/h6,8-9,18,21,23-25,34H,7,10-16H2,1-5H3. The zero-order valence-electron chi connectivity index (χ0n) is 22.3. The lowest BCUT2D eigenvalue weighted by atomic mass is 9.46. The molecule has 0 amide bonds. The summed E-state index contributed by atoms with van der Waals surface area (Å²) in [5.74, 6) is 0.131. The summed E-state index contributed by atoms with van der Waals surface area (Å²) in [4.78, 5) is 37.2. The van der Waals surface area contributed by atoms with E-state index >= 15 is 0 Å². The van der Waals surface area contributed by atoms with Crippen molar-refractivity contribution in [2.45, 2.75) is 91.3 Å². The van der Waals surface area contributed by atoms with Crippen LogP contribution in [0.15, 0.2) is 34.9 Å². The van der Waals surface area contributed by atoms with Gasteiger partial charge in [-0.2, -0.15) is 0 Å². The molecule has 4 aliphatic carbocycles. The summed E-state index contributed by atoms with van der Waals surface area (Å²) in [5, 5.41) is 12.3. The highest BCUT2D eigenvalue weighted by Gasteiger charge is 2.66. The van der Waals surface area contributed by atoms with Gasteiger partial charge in [0.25, 0.3) is 0 Å². The molecule has 0 bridgehead atoms. The number of ketones is 1. The van der Waals surface area contributed by atoms with Crippen molar-refractivity contribution >= 4 is 17.7 Å². The molecular weight excluding hydrogens is 456 g/mol. The van der Waals surface area contributed by atoms with Crippen LogP contribution in [-0.2, 0) is 23.9 Å². The Labute approximate surface area is 214 Å². The van der Waals surface area contributed by atoms with E-state index in [9.17, 15) is 19.5 Å². The lowest BCUT2D eigenvalue weighted by Crippen LogP contribution is -2.59. The van der Waals surface area contributed by atoms with E-state index in [-0.39, 0.29) is 23.7 Å². The quantitative estimate of drug-likeness (QED) is 0.442. The van der Waals surface area contributed by atoms with Gasteiger partial charge in [-0.25, -0.2) is 4.79 Å². The Bertz CT molecular complexity index is 1080. The van der Waals surface area contributed by atoms with E-state index in [1.54, 1.807) is 6.08 Å². The Morgan fingerprint density at radius 1 is 1.22 bits per heavy atom. The van der Waals surface area contributed by atoms with Crippen molar-refractivity contribution in [2.75, 3.05) is 6.61 Å². The van der Waals surface area contributed by atoms with Crippen molar-refractivity contribution in [1.82, 2.24) is 0 Å². The fourth-order valence-corrected chi connectivity index (χ4v) is 8.75. The Balaban J connectivity index is 1.38. The first-order valence-electron chi connectivity index (χ1n) is 13.6. The third-order valence-electron chi connectivity index (χ3n) is 11.1. The van der Waals surface area contributed by atoms with E-state index in [2.05, 4.69) is 19.9 Å². The summed E-state index contributed by atoms with van der Waals surface area (Å²) in [6.45, 7) is 9.54. The van der Waals surface area contributed by atoms with E-state index in [0.29, 0.717) is 36.2 Å². The van der Waals surface area contributed by atoms with Gasteiger partial charge in [0.05, 0.1) is 16.6 Å². The number of hydrogen-bond donors (Lipinski definition) is 1. The largest absolute Gasteiger partial charge is 0.461 e. The maximum atomic E-state index is 13.1. The molecule has 36 heavy (non-hydrogen) atoms. The predicted octanol–water partition coefficient (Wildman–Crippen LogP) is 4.86. The summed E-state index contributed by atoms with van der Waals surface area (Å²) in [5.41, 5.74) is 0.874. The molecule has 2 fully saturated rings. The number of hydrogen-bond acceptors (Lipinski definition) is 6. The lowest BCUT2D eigenvalue weighted by Gasteiger charge is -2.58. The molecule has 0 aromatic heterocycles. The molecule has 2 saturated carbocycles. The van der Waals surface area contributed by atoms with E-state index in [4.69, 9.17) is 9.47 Å². The van der Waals surface area contributed by atoms with Gasteiger partial charge in [-0.05, 0) is 81.6 Å². The monoisotopic (exact) mass is 496 g/mol. The highest BCUT2D eigenvalue weighted by molar-refractivity contribution is 5.98. The van der Waals surface area contributed by atoms with Gasteiger partial charge in [-0.3, -0.25) is 9.59 Å². The van der Waals surface area contributed by atoms with Gasteiger partial charge in [0.15, 0.2) is 5.78 Å². The van der Waals surface area contributed by atoms with Crippen LogP contribution in [0.2, 0.25) is 0 Å². The van der Waals surface area contributed by atoms with Crippen molar-refractivity contribution in [2.24, 2.45) is 34.5 Å². The molecule has 196 valence electrons. The Kier molecular flexibility index (Phi) is 6.13. The zero-order chi connectivity index (χ0) is 26.0. The van der Waals surface area contributed by atoms with E-state index in [1.807, 2.05) is 19.9 Å². The van der Waals surface area contributed by atoms with Crippen LogP contribution in [-0.4, -0.2) is 41.1 Å². The second kappa shape index (κ2) is 8.68. The van der Waals surface area contributed by atoms with E-state index in [1.165, 1.54) is 12.5 Å². The summed E-state index contributed by atoms with van der Waals surface area (Å²) in [6.07, 6.45) is 11.4. The first-order valence-corrected chi connectivity index (χ1v) is 13.6. The highest BCUT2D eigenvalue weighted by Crippen LogP contribution is 2.68. The van der Waals surface area contributed by atoms with Gasteiger partial charge in [0.2, 0.25) is 0 Å². The van der Waals surface area contributed by atoms with Gasteiger partial charge in [-0.15, -0.1) is 0 Å². The fourth-order valence-electron chi connectivity index (χ4n) is 8.75. The minimum atomic E-state index is -0.956. The summed E-state index contributed by atoms with van der Waals surface area (Å²) >= 11 is 0.